The summed E-state index contributed by atoms with van der Waals surface area (Å²) in [5, 5.41) is 3.84. The van der Waals surface area contributed by atoms with Gasteiger partial charge in [-0.05, 0) is 55.4 Å². The molecule has 2 heterocycles. The normalized spacial score (nSPS) is 25.7. The lowest BCUT2D eigenvalue weighted by Crippen LogP contribution is -2.35. The highest BCUT2D eigenvalue weighted by atomic mass is 16.5. The molecule has 1 aliphatic heterocycles. The van der Waals surface area contributed by atoms with Crippen molar-refractivity contribution in [1.82, 2.24) is 14.9 Å². The molecule has 0 saturated carbocycles. The molecule has 1 fully saturated rings. The van der Waals surface area contributed by atoms with Crippen molar-refractivity contribution in [2.24, 2.45) is 13.0 Å². The fourth-order valence-corrected chi connectivity index (χ4v) is 4.41. The second kappa shape index (κ2) is 7.80. The maximum Gasteiger partial charge on any atom is 0.137 e. The fraction of sp³-hybridized carbons (Fsp3) is 0.571. The number of benzene rings is 1. The number of ether oxygens (including phenoxy) is 2. The number of hydrogen-bond donors (Lipinski definition) is 1. The van der Waals surface area contributed by atoms with Gasteiger partial charge in [-0.2, -0.15) is 0 Å². The van der Waals surface area contributed by atoms with Crippen LogP contribution in [0.4, 0.5) is 0 Å². The molecule has 4 rings (SSSR count). The first-order valence-electron chi connectivity index (χ1n) is 9.75. The molecule has 5 heteroatoms. The van der Waals surface area contributed by atoms with E-state index in [2.05, 4.69) is 40.1 Å². The smallest absolute Gasteiger partial charge is 0.137 e. The van der Waals surface area contributed by atoms with Gasteiger partial charge in [-0.3, -0.25) is 0 Å². The summed E-state index contributed by atoms with van der Waals surface area (Å²) in [5.74, 6) is 2.47. The van der Waals surface area contributed by atoms with E-state index in [4.69, 9.17) is 9.47 Å². The van der Waals surface area contributed by atoms with Gasteiger partial charge >= 0.3 is 0 Å². The molecule has 26 heavy (non-hydrogen) atoms. The number of nitrogens with zero attached hydrogens (tertiary/aromatic N) is 2. The van der Waals surface area contributed by atoms with E-state index < -0.39 is 0 Å². The van der Waals surface area contributed by atoms with E-state index >= 15 is 0 Å². The molecule has 1 aromatic carbocycles. The first-order valence-corrected chi connectivity index (χ1v) is 9.75. The minimum absolute atomic E-state index is 0.0928. The van der Waals surface area contributed by atoms with Crippen LogP contribution < -0.4 is 10.1 Å². The average molecular weight is 355 g/mol. The van der Waals surface area contributed by atoms with Crippen molar-refractivity contribution in [3.8, 4) is 5.75 Å². The van der Waals surface area contributed by atoms with Crippen molar-refractivity contribution in [2.45, 2.75) is 44.2 Å². The van der Waals surface area contributed by atoms with E-state index in [-0.39, 0.29) is 6.10 Å². The maximum absolute atomic E-state index is 6.12. The van der Waals surface area contributed by atoms with Gasteiger partial charge in [0, 0.05) is 44.6 Å². The predicted octanol–water partition coefficient (Wildman–Crippen LogP) is 3.56. The summed E-state index contributed by atoms with van der Waals surface area (Å²) in [6.07, 6.45) is 9.84. The van der Waals surface area contributed by atoms with Crippen LogP contribution in [0.5, 0.6) is 5.75 Å². The topological polar surface area (TPSA) is 48.3 Å². The minimum Gasteiger partial charge on any atom is -0.497 e. The Morgan fingerprint density at radius 1 is 1.31 bits per heavy atom. The zero-order valence-electron chi connectivity index (χ0n) is 15.8. The summed E-state index contributed by atoms with van der Waals surface area (Å²) < 4.78 is 13.6. The van der Waals surface area contributed by atoms with Crippen LogP contribution in [0.2, 0.25) is 0 Å². The highest BCUT2D eigenvalue weighted by molar-refractivity contribution is 5.39. The number of methoxy groups -OCH3 is 1. The van der Waals surface area contributed by atoms with Crippen molar-refractivity contribution in [3.05, 3.63) is 47.5 Å². The van der Waals surface area contributed by atoms with Crippen molar-refractivity contribution >= 4 is 0 Å². The van der Waals surface area contributed by atoms with Crippen LogP contribution in [-0.2, 0) is 18.2 Å². The van der Waals surface area contributed by atoms with Crippen LogP contribution in [0.3, 0.4) is 0 Å². The van der Waals surface area contributed by atoms with Gasteiger partial charge in [0.2, 0.25) is 0 Å². The quantitative estimate of drug-likeness (QED) is 0.891. The van der Waals surface area contributed by atoms with Gasteiger partial charge in [0.15, 0.2) is 0 Å². The summed E-state index contributed by atoms with van der Waals surface area (Å²) in [5.41, 5.74) is 2.86. The Kier molecular flexibility index (Phi) is 5.27. The number of aryl methyl sites for hydroxylation is 2. The number of imidazole rings is 1. The molecule has 2 aromatic rings. The molecule has 1 N–H and O–H groups in total. The van der Waals surface area contributed by atoms with E-state index in [0.717, 1.165) is 37.6 Å². The molecule has 5 nitrogen and oxygen atoms in total. The largest absolute Gasteiger partial charge is 0.497 e. The summed E-state index contributed by atoms with van der Waals surface area (Å²) in [6, 6.07) is 6.94. The van der Waals surface area contributed by atoms with E-state index in [0.29, 0.717) is 12.0 Å². The maximum atomic E-state index is 6.12. The van der Waals surface area contributed by atoms with Crippen molar-refractivity contribution in [3.63, 3.8) is 0 Å². The molecule has 1 aliphatic carbocycles. The van der Waals surface area contributed by atoms with Crippen LogP contribution in [0.1, 0.15) is 54.8 Å². The Hall–Kier alpha value is -1.85. The third kappa shape index (κ3) is 3.51. The summed E-state index contributed by atoms with van der Waals surface area (Å²) >= 11 is 0. The van der Waals surface area contributed by atoms with E-state index in [1.165, 1.54) is 30.4 Å². The molecule has 1 saturated heterocycles. The number of fused-ring (bicyclic) bond motifs is 1. The zero-order valence-corrected chi connectivity index (χ0v) is 15.8. The Balaban J connectivity index is 1.46. The van der Waals surface area contributed by atoms with E-state index in [1.54, 1.807) is 7.11 Å². The van der Waals surface area contributed by atoms with E-state index in [1.807, 2.05) is 12.4 Å². The van der Waals surface area contributed by atoms with Gasteiger partial charge in [0.1, 0.15) is 17.7 Å². The molecule has 0 bridgehead atoms. The first-order chi connectivity index (χ1) is 12.8. The molecule has 0 spiro atoms. The predicted molar refractivity (Wildman–Crippen MR) is 101 cm³/mol. The third-order valence-electron chi connectivity index (χ3n) is 5.85. The molecule has 1 aromatic heterocycles. The second-order valence-electron chi connectivity index (χ2n) is 7.51. The van der Waals surface area contributed by atoms with Crippen LogP contribution in [0.25, 0.3) is 0 Å². The van der Waals surface area contributed by atoms with Crippen molar-refractivity contribution in [2.75, 3.05) is 20.3 Å². The first kappa shape index (κ1) is 17.6. The zero-order chi connectivity index (χ0) is 17.9. The van der Waals surface area contributed by atoms with Crippen LogP contribution >= 0.6 is 0 Å². The average Bonchev–Trinajstić information content (AvgIpc) is 3.11. The second-order valence-corrected chi connectivity index (χ2v) is 7.51. The summed E-state index contributed by atoms with van der Waals surface area (Å²) in [6.45, 7) is 1.80. The van der Waals surface area contributed by atoms with Gasteiger partial charge < -0.3 is 19.4 Å². The minimum atomic E-state index is 0.0928. The molecule has 0 radical (unpaired) electrons. The summed E-state index contributed by atoms with van der Waals surface area (Å²) in [4.78, 5) is 4.54. The Labute approximate surface area is 155 Å². The number of rotatable bonds is 5. The van der Waals surface area contributed by atoms with Gasteiger partial charge in [0.05, 0.1) is 7.11 Å². The SMILES string of the molecule is COc1ccc2c(c1)CCCC2NC[C@@H]1CCCO[C@H]1c1nccn1C. The standard InChI is InChI=1S/C21H29N3O2/c1-24-11-10-22-21(24)20-16(6-4-12-26-20)14-23-19-7-3-5-15-13-17(25-2)8-9-18(15)19/h8-11,13,16,19-20,23H,3-7,12,14H2,1-2H3/t16-,19?,20+/m0/s1. The van der Waals surface area contributed by atoms with Crippen molar-refractivity contribution < 1.29 is 9.47 Å². The lowest BCUT2D eigenvalue weighted by Gasteiger charge is -2.34. The summed E-state index contributed by atoms with van der Waals surface area (Å²) in [7, 11) is 3.79. The monoisotopic (exact) mass is 355 g/mol. The number of aromatic nitrogens is 2. The van der Waals surface area contributed by atoms with Crippen LogP contribution in [0, 0.1) is 5.92 Å². The van der Waals surface area contributed by atoms with E-state index in [9.17, 15) is 0 Å². The lowest BCUT2D eigenvalue weighted by molar-refractivity contribution is -0.0351. The molecule has 140 valence electrons. The molecular formula is C21H29N3O2. The van der Waals surface area contributed by atoms with Gasteiger partial charge in [-0.15, -0.1) is 0 Å². The van der Waals surface area contributed by atoms with Crippen LogP contribution in [-0.4, -0.2) is 29.8 Å². The third-order valence-corrected chi connectivity index (χ3v) is 5.85. The Morgan fingerprint density at radius 2 is 2.23 bits per heavy atom. The molecule has 2 aliphatic rings. The van der Waals surface area contributed by atoms with Gasteiger partial charge in [-0.25, -0.2) is 4.98 Å². The van der Waals surface area contributed by atoms with Crippen LogP contribution in [0.15, 0.2) is 30.6 Å². The lowest BCUT2D eigenvalue weighted by atomic mass is 9.86. The van der Waals surface area contributed by atoms with Crippen molar-refractivity contribution in [1.29, 1.82) is 0 Å². The molecule has 3 atom stereocenters. The number of hydrogen-bond acceptors (Lipinski definition) is 4. The highest BCUT2D eigenvalue weighted by Crippen LogP contribution is 2.35. The molecular weight excluding hydrogens is 326 g/mol. The Morgan fingerprint density at radius 3 is 3.04 bits per heavy atom. The Bertz CT molecular complexity index is 743. The number of nitrogens with one attached hydrogen (secondary N) is 1. The molecule has 0 amide bonds. The molecule has 1 unspecified atom stereocenters. The highest BCUT2D eigenvalue weighted by Gasteiger charge is 2.31. The fourth-order valence-electron chi connectivity index (χ4n) is 4.41. The van der Waals surface area contributed by atoms with Gasteiger partial charge in [-0.1, -0.05) is 6.07 Å². The van der Waals surface area contributed by atoms with Gasteiger partial charge in [0.25, 0.3) is 0 Å².